The van der Waals surface area contributed by atoms with Crippen molar-refractivity contribution in [3.05, 3.63) is 102 Å². The second kappa shape index (κ2) is 16.6. The van der Waals surface area contributed by atoms with E-state index in [1.165, 1.54) is 30.6 Å². The lowest BCUT2D eigenvalue weighted by molar-refractivity contribution is -0.153. The smallest absolute Gasteiger partial charge is 0.310 e. The van der Waals surface area contributed by atoms with Crippen LogP contribution in [0.5, 0.6) is 5.75 Å². The van der Waals surface area contributed by atoms with Crippen molar-refractivity contribution in [2.24, 2.45) is 5.92 Å². The first-order valence-corrected chi connectivity index (χ1v) is 17.6. The topological polar surface area (TPSA) is 122 Å². The molecular weight excluding hydrogens is 628 g/mol. The highest BCUT2D eigenvalue weighted by molar-refractivity contribution is 5.98. The molecule has 4 aromatic rings. The fourth-order valence-electron chi connectivity index (χ4n) is 5.89. The Morgan fingerprint density at radius 2 is 1.46 bits per heavy atom. The van der Waals surface area contributed by atoms with Gasteiger partial charge in [0.2, 0.25) is 5.91 Å². The number of carboxylic acids is 1. The molecule has 1 saturated heterocycles. The van der Waals surface area contributed by atoms with Crippen LogP contribution in [0, 0.1) is 5.92 Å². The van der Waals surface area contributed by atoms with Crippen LogP contribution in [-0.4, -0.2) is 63.5 Å². The molecule has 2 heterocycles. The first kappa shape index (κ1) is 36.2. The Labute approximate surface area is 295 Å². The molecule has 0 saturated carbocycles. The monoisotopic (exact) mass is 676 g/mol. The zero-order valence-electron chi connectivity index (χ0n) is 29.5. The van der Waals surface area contributed by atoms with Crippen LogP contribution in [0.1, 0.15) is 81.3 Å². The molecule has 0 bridgehead atoms. The van der Waals surface area contributed by atoms with Gasteiger partial charge >= 0.3 is 5.97 Å². The molecular formula is C41H48N4O5. The minimum atomic E-state index is -0.925. The van der Waals surface area contributed by atoms with Crippen molar-refractivity contribution < 1.29 is 24.2 Å². The summed E-state index contributed by atoms with van der Waals surface area (Å²) in [5.41, 5.74) is 5.06. The lowest BCUT2D eigenvalue weighted by atomic mass is 9.86. The summed E-state index contributed by atoms with van der Waals surface area (Å²) in [5.74, 6) is -0.742. The number of nitrogens with one attached hydrogen (secondary N) is 1. The van der Waals surface area contributed by atoms with Crippen molar-refractivity contribution in [2.45, 2.75) is 77.7 Å². The van der Waals surface area contributed by atoms with Gasteiger partial charge in [0.15, 0.2) is 5.82 Å². The van der Waals surface area contributed by atoms with Gasteiger partial charge in [-0.1, -0.05) is 102 Å². The predicted molar refractivity (Wildman–Crippen MR) is 195 cm³/mol. The molecule has 0 spiro atoms. The molecule has 2 amide bonds. The van der Waals surface area contributed by atoms with Gasteiger partial charge in [-0.05, 0) is 52.8 Å². The number of benzene rings is 3. The van der Waals surface area contributed by atoms with E-state index >= 15 is 0 Å². The summed E-state index contributed by atoms with van der Waals surface area (Å²) < 4.78 is 5.89. The molecule has 50 heavy (non-hydrogen) atoms. The van der Waals surface area contributed by atoms with Gasteiger partial charge in [0.25, 0.3) is 5.91 Å². The SMILES string of the molecule is CCCCCCCOc1ccc(-c2cnc(-c3ccc(CC(NC(=O)c4ccc(C(C)(C)C)cc4)C(=O)N4CC(C(=O)O)C4)cc3)nc2)cc1. The summed E-state index contributed by atoms with van der Waals surface area (Å²) in [6, 6.07) is 22.1. The van der Waals surface area contributed by atoms with Crippen molar-refractivity contribution in [1.82, 2.24) is 20.2 Å². The summed E-state index contributed by atoms with van der Waals surface area (Å²) in [4.78, 5) is 48.8. The van der Waals surface area contributed by atoms with Crippen LogP contribution in [0.15, 0.2) is 85.2 Å². The molecule has 5 rings (SSSR count). The number of carboxylic acid groups (broad SMARTS) is 1. The van der Waals surface area contributed by atoms with E-state index in [0.717, 1.165) is 46.6 Å². The van der Waals surface area contributed by atoms with E-state index in [4.69, 9.17) is 4.74 Å². The number of amides is 2. The van der Waals surface area contributed by atoms with E-state index in [9.17, 15) is 19.5 Å². The van der Waals surface area contributed by atoms with Crippen molar-refractivity contribution in [3.63, 3.8) is 0 Å². The van der Waals surface area contributed by atoms with Gasteiger partial charge in [0.05, 0.1) is 12.5 Å². The maximum Gasteiger partial charge on any atom is 0.310 e. The number of likely N-dealkylation sites (tertiary alicyclic amines) is 1. The van der Waals surface area contributed by atoms with E-state index < -0.39 is 17.9 Å². The van der Waals surface area contributed by atoms with Crippen molar-refractivity contribution in [3.8, 4) is 28.3 Å². The summed E-state index contributed by atoms with van der Waals surface area (Å²) in [6.45, 7) is 9.51. The molecule has 0 radical (unpaired) electrons. The Morgan fingerprint density at radius 1 is 0.840 bits per heavy atom. The number of nitrogens with zero attached hydrogens (tertiary/aromatic N) is 3. The second-order valence-electron chi connectivity index (χ2n) is 14.1. The van der Waals surface area contributed by atoms with Gasteiger partial charge < -0.3 is 20.1 Å². The highest BCUT2D eigenvalue weighted by Crippen LogP contribution is 2.25. The zero-order chi connectivity index (χ0) is 35.7. The number of aliphatic carboxylic acids is 1. The summed E-state index contributed by atoms with van der Waals surface area (Å²) in [5, 5.41) is 12.2. The third-order valence-electron chi connectivity index (χ3n) is 9.17. The second-order valence-corrected chi connectivity index (χ2v) is 14.1. The van der Waals surface area contributed by atoms with Gasteiger partial charge in [-0.15, -0.1) is 0 Å². The molecule has 1 aromatic heterocycles. The molecule has 1 unspecified atom stereocenters. The average molecular weight is 677 g/mol. The van der Waals surface area contributed by atoms with Gasteiger partial charge in [0, 0.05) is 48.6 Å². The Kier molecular flexibility index (Phi) is 12.0. The largest absolute Gasteiger partial charge is 0.494 e. The number of carbonyl (C=O) groups is 3. The molecule has 9 nitrogen and oxygen atoms in total. The number of carbonyl (C=O) groups excluding carboxylic acids is 2. The minimum Gasteiger partial charge on any atom is -0.494 e. The van der Waals surface area contributed by atoms with E-state index in [0.29, 0.717) is 11.4 Å². The van der Waals surface area contributed by atoms with Crippen molar-refractivity contribution >= 4 is 17.8 Å². The van der Waals surface area contributed by atoms with Crippen molar-refractivity contribution in [2.75, 3.05) is 19.7 Å². The summed E-state index contributed by atoms with van der Waals surface area (Å²) in [7, 11) is 0. The minimum absolute atomic E-state index is 0.0559. The maximum absolute atomic E-state index is 13.5. The lowest BCUT2D eigenvalue weighted by Crippen LogP contribution is -2.59. The fraction of sp³-hybridized carbons (Fsp3) is 0.390. The Bertz CT molecular complexity index is 1720. The van der Waals surface area contributed by atoms with Gasteiger partial charge in [0.1, 0.15) is 11.8 Å². The Hall–Kier alpha value is -5.05. The molecule has 3 aromatic carbocycles. The number of ether oxygens (including phenoxy) is 1. The first-order valence-electron chi connectivity index (χ1n) is 17.6. The van der Waals surface area contributed by atoms with Gasteiger partial charge in [-0.3, -0.25) is 14.4 Å². The highest BCUT2D eigenvalue weighted by Gasteiger charge is 2.38. The summed E-state index contributed by atoms with van der Waals surface area (Å²) in [6.07, 6.45) is 9.87. The van der Waals surface area contributed by atoms with Crippen LogP contribution in [-0.2, 0) is 21.4 Å². The third-order valence-corrected chi connectivity index (χ3v) is 9.17. The zero-order valence-corrected chi connectivity index (χ0v) is 29.5. The number of unbranched alkanes of at least 4 members (excludes halogenated alkanes) is 4. The normalized spacial score (nSPS) is 13.7. The average Bonchev–Trinajstić information content (AvgIpc) is 3.09. The standard InChI is InChI=1S/C41H48N4O5/c1-5-6-7-8-9-22-50-35-20-16-29(17-21-35)32-24-42-37(43-25-32)30-12-10-28(11-13-30)23-36(39(47)45-26-33(27-45)40(48)49)44-38(46)31-14-18-34(19-15-31)41(2,3)4/h10-21,24-25,33,36H,5-9,22-23,26-27H2,1-4H3,(H,44,46)(H,48,49). The van der Waals surface area contributed by atoms with E-state index in [-0.39, 0.29) is 36.7 Å². The molecule has 262 valence electrons. The van der Waals surface area contributed by atoms with Gasteiger partial charge in [-0.25, -0.2) is 9.97 Å². The van der Waals surface area contributed by atoms with Crippen LogP contribution in [0.4, 0.5) is 0 Å². The number of hydrogen-bond donors (Lipinski definition) is 2. The number of aromatic nitrogens is 2. The van der Waals surface area contributed by atoms with Crippen LogP contribution < -0.4 is 10.1 Å². The molecule has 2 N–H and O–H groups in total. The summed E-state index contributed by atoms with van der Waals surface area (Å²) >= 11 is 0. The molecule has 1 fully saturated rings. The fourth-order valence-corrected chi connectivity index (χ4v) is 5.89. The first-order chi connectivity index (χ1) is 24.0. The number of rotatable bonds is 15. The Morgan fingerprint density at radius 3 is 2.06 bits per heavy atom. The molecule has 9 heteroatoms. The lowest BCUT2D eigenvalue weighted by Gasteiger charge is -2.39. The predicted octanol–water partition coefficient (Wildman–Crippen LogP) is 7.34. The molecule has 0 aliphatic carbocycles. The third kappa shape index (κ3) is 9.55. The highest BCUT2D eigenvalue weighted by atomic mass is 16.5. The quantitative estimate of drug-likeness (QED) is 0.126. The van der Waals surface area contributed by atoms with Crippen molar-refractivity contribution in [1.29, 1.82) is 0 Å². The van der Waals surface area contributed by atoms with E-state index in [2.05, 4.69) is 43.0 Å². The Balaban J connectivity index is 1.22. The van der Waals surface area contributed by atoms with Crippen LogP contribution in [0.25, 0.3) is 22.5 Å². The molecule has 1 aliphatic rings. The molecule has 1 atom stereocenters. The molecule has 1 aliphatic heterocycles. The van der Waals surface area contributed by atoms with E-state index in [1.807, 2.05) is 60.7 Å². The van der Waals surface area contributed by atoms with Gasteiger partial charge in [-0.2, -0.15) is 0 Å². The number of hydrogen-bond acceptors (Lipinski definition) is 6. The van der Waals surface area contributed by atoms with Crippen LogP contribution in [0.3, 0.4) is 0 Å². The van der Waals surface area contributed by atoms with Crippen LogP contribution >= 0.6 is 0 Å². The van der Waals surface area contributed by atoms with E-state index in [1.54, 1.807) is 24.5 Å². The maximum atomic E-state index is 13.5. The van der Waals surface area contributed by atoms with Crippen LogP contribution in [0.2, 0.25) is 0 Å².